The van der Waals surface area contributed by atoms with Gasteiger partial charge in [-0.25, -0.2) is 0 Å². The van der Waals surface area contributed by atoms with Crippen molar-refractivity contribution in [1.29, 1.82) is 0 Å². The number of nitrogens with one attached hydrogen (secondary N) is 1. The molecular weight excluding hydrogens is 212 g/mol. The molecule has 0 unspecified atom stereocenters. The second-order valence-electron chi connectivity index (χ2n) is 4.65. The average Bonchev–Trinajstić information content (AvgIpc) is 2.84. The molecule has 94 valence electrons. The summed E-state index contributed by atoms with van der Waals surface area (Å²) in [5, 5.41) is 3.35. The number of nitrogens with two attached hydrogens (primary N) is 1. The molecule has 0 bridgehead atoms. The second kappa shape index (κ2) is 6.45. The van der Waals surface area contributed by atoms with Gasteiger partial charge in [0.1, 0.15) is 0 Å². The van der Waals surface area contributed by atoms with Gasteiger partial charge in [0.15, 0.2) is 0 Å². The van der Waals surface area contributed by atoms with E-state index in [2.05, 4.69) is 15.2 Å². The minimum atomic E-state index is 0.729. The van der Waals surface area contributed by atoms with Crippen molar-refractivity contribution in [2.24, 2.45) is 0 Å². The Bertz CT molecular complexity index is 334. The lowest BCUT2D eigenvalue weighted by atomic mass is 10.2. The van der Waals surface area contributed by atoms with Crippen LogP contribution in [0.5, 0.6) is 0 Å². The summed E-state index contributed by atoms with van der Waals surface area (Å²) in [6.07, 6.45) is 8.67. The molecule has 1 saturated heterocycles. The second-order valence-corrected chi connectivity index (χ2v) is 4.65. The van der Waals surface area contributed by atoms with Crippen LogP contribution >= 0.6 is 0 Å². The highest BCUT2D eigenvalue weighted by Gasteiger charge is 2.09. The molecule has 1 aromatic rings. The van der Waals surface area contributed by atoms with E-state index >= 15 is 0 Å². The van der Waals surface area contributed by atoms with Crippen LogP contribution in [-0.2, 0) is 0 Å². The molecule has 0 saturated carbocycles. The van der Waals surface area contributed by atoms with Gasteiger partial charge in [0.05, 0.1) is 17.6 Å². The van der Waals surface area contributed by atoms with Crippen molar-refractivity contribution in [2.45, 2.75) is 25.7 Å². The molecular formula is C13H22N4. The van der Waals surface area contributed by atoms with Gasteiger partial charge in [-0.15, -0.1) is 0 Å². The van der Waals surface area contributed by atoms with E-state index in [1.54, 1.807) is 12.4 Å². The first kappa shape index (κ1) is 12.2. The maximum absolute atomic E-state index is 5.80. The maximum atomic E-state index is 5.80. The Hall–Kier alpha value is -1.29. The zero-order valence-electron chi connectivity index (χ0n) is 10.4. The molecule has 0 atom stereocenters. The topological polar surface area (TPSA) is 54.2 Å². The van der Waals surface area contributed by atoms with E-state index in [0.717, 1.165) is 17.9 Å². The Morgan fingerprint density at radius 3 is 2.88 bits per heavy atom. The third-order valence-corrected chi connectivity index (χ3v) is 3.27. The van der Waals surface area contributed by atoms with Crippen LogP contribution in [0.3, 0.4) is 0 Å². The lowest BCUT2D eigenvalue weighted by molar-refractivity contribution is 0.331. The van der Waals surface area contributed by atoms with Gasteiger partial charge in [-0.2, -0.15) is 0 Å². The molecule has 1 aliphatic rings. The fraction of sp³-hybridized carbons (Fsp3) is 0.615. The Morgan fingerprint density at radius 1 is 1.29 bits per heavy atom. The number of unbranched alkanes of at least 4 members (excludes halogenated alkanes) is 1. The number of pyridine rings is 1. The summed E-state index contributed by atoms with van der Waals surface area (Å²) < 4.78 is 0. The summed E-state index contributed by atoms with van der Waals surface area (Å²) in [6.45, 7) is 4.82. The fourth-order valence-electron chi connectivity index (χ4n) is 2.26. The predicted molar refractivity (Wildman–Crippen MR) is 72.0 cm³/mol. The SMILES string of the molecule is Nc1cnccc1NCCCCN1CCCC1. The molecule has 0 aliphatic carbocycles. The number of rotatable bonds is 6. The summed E-state index contributed by atoms with van der Waals surface area (Å²) >= 11 is 0. The van der Waals surface area contributed by atoms with Gasteiger partial charge < -0.3 is 16.0 Å². The van der Waals surface area contributed by atoms with Gasteiger partial charge in [-0.1, -0.05) is 0 Å². The first-order valence-corrected chi connectivity index (χ1v) is 6.52. The average molecular weight is 234 g/mol. The van der Waals surface area contributed by atoms with E-state index in [1.807, 2.05) is 6.07 Å². The van der Waals surface area contributed by atoms with Crippen LogP contribution in [0.2, 0.25) is 0 Å². The van der Waals surface area contributed by atoms with E-state index in [0.29, 0.717) is 0 Å². The van der Waals surface area contributed by atoms with Crippen LogP contribution in [0.4, 0.5) is 11.4 Å². The van der Waals surface area contributed by atoms with Gasteiger partial charge in [0, 0.05) is 12.7 Å². The number of hydrogen-bond acceptors (Lipinski definition) is 4. The lowest BCUT2D eigenvalue weighted by Crippen LogP contribution is -2.20. The number of anilines is 2. The van der Waals surface area contributed by atoms with E-state index in [-0.39, 0.29) is 0 Å². The molecule has 1 fully saturated rings. The number of hydrogen-bond donors (Lipinski definition) is 2. The Kier molecular flexibility index (Phi) is 4.62. The molecule has 2 heterocycles. The summed E-state index contributed by atoms with van der Waals surface area (Å²) in [5.74, 6) is 0. The zero-order chi connectivity index (χ0) is 11.9. The molecule has 0 spiro atoms. The molecule has 2 rings (SSSR count). The normalized spacial score (nSPS) is 16.2. The van der Waals surface area contributed by atoms with Crippen molar-refractivity contribution in [3.05, 3.63) is 18.5 Å². The standard InChI is InChI=1S/C13H22N4/c14-12-11-15-7-5-13(12)16-6-1-2-8-17-9-3-4-10-17/h5,7,11H,1-4,6,8-10,14H2,(H,15,16). The summed E-state index contributed by atoms with van der Waals surface area (Å²) in [7, 11) is 0. The molecule has 1 aliphatic heterocycles. The summed E-state index contributed by atoms with van der Waals surface area (Å²) in [4.78, 5) is 6.53. The van der Waals surface area contributed by atoms with E-state index in [1.165, 1.54) is 45.3 Å². The minimum Gasteiger partial charge on any atom is -0.396 e. The molecule has 0 radical (unpaired) electrons. The van der Waals surface area contributed by atoms with Crippen molar-refractivity contribution in [1.82, 2.24) is 9.88 Å². The van der Waals surface area contributed by atoms with Crippen molar-refractivity contribution < 1.29 is 0 Å². The van der Waals surface area contributed by atoms with Crippen molar-refractivity contribution in [2.75, 3.05) is 37.2 Å². The molecule has 0 amide bonds. The Morgan fingerprint density at radius 2 is 2.12 bits per heavy atom. The van der Waals surface area contributed by atoms with Crippen LogP contribution in [-0.4, -0.2) is 36.1 Å². The van der Waals surface area contributed by atoms with Gasteiger partial charge >= 0.3 is 0 Å². The smallest absolute Gasteiger partial charge is 0.0736 e. The van der Waals surface area contributed by atoms with Gasteiger partial charge in [0.2, 0.25) is 0 Å². The van der Waals surface area contributed by atoms with Gasteiger partial charge in [-0.3, -0.25) is 4.98 Å². The maximum Gasteiger partial charge on any atom is 0.0736 e. The van der Waals surface area contributed by atoms with Gasteiger partial charge in [-0.05, 0) is 51.4 Å². The highest BCUT2D eigenvalue weighted by atomic mass is 15.1. The summed E-state index contributed by atoms with van der Waals surface area (Å²) in [6, 6.07) is 1.93. The highest BCUT2D eigenvalue weighted by Crippen LogP contribution is 2.15. The van der Waals surface area contributed by atoms with E-state index < -0.39 is 0 Å². The van der Waals surface area contributed by atoms with E-state index in [4.69, 9.17) is 5.73 Å². The van der Waals surface area contributed by atoms with E-state index in [9.17, 15) is 0 Å². The lowest BCUT2D eigenvalue weighted by Gasteiger charge is -2.14. The molecule has 0 aromatic carbocycles. The highest BCUT2D eigenvalue weighted by molar-refractivity contribution is 5.63. The third-order valence-electron chi connectivity index (χ3n) is 3.27. The van der Waals surface area contributed by atoms with Crippen molar-refractivity contribution in [3.63, 3.8) is 0 Å². The molecule has 3 N–H and O–H groups in total. The number of likely N-dealkylation sites (tertiary alicyclic amines) is 1. The van der Waals surface area contributed by atoms with Crippen LogP contribution in [0.15, 0.2) is 18.5 Å². The molecule has 17 heavy (non-hydrogen) atoms. The van der Waals surface area contributed by atoms with Crippen molar-refractivity contribution >= 4 is 11.4 Å². The monoisotopic (exact) mass is 234 g/mol. The zero-order valence-corrected chi connectivity index (χ0v) is 10.4. The minimum absolute atomic E-state index is 0.729. The molecule has 4 heteroatoms. The number of nitrogens with zero attached hydrogens (tertiary/aromatic N) is 2. The van der Waals surface area contributed by atoms with Crippen LogP contribution in [0, 0.1) is 0 Å². The van der Waals surface area contributed by atoms with Gasteiger partial charge in [0.25, 0.3) is 0 Å². The Balaban J connectivity index is 1.58. The Labute approximate surface area is 103 Å². The van der Waals surface area contributed by atoms with Crippen LogP contribution in [0.25, 0.3) is 0 Å². The van der Waals surface area contributed by atoms with Crippen molar-refractivity contribution in [3.8, 4) is 0 Å². The molecule has 4 nitrogen and oxygen atoms in total. The predicted octanol–water partition coefficient (Wildman–Crippen LogP) is 1.95. The quantitative estimate of drug-likeness (QED) is 0.739. The fourth-order valence-corrected chi connectivity index (χ4v) is 2.26. The van der Waals surface area contributed by atoms with Crippen LogP contribution < -0.4 is 11.1 Å². The first-order valence-electron chi connectivity index (χ1n) is 6.52. The first-order chi connectivity index (χ1) is 8.36. The third kappa shape index (κ3) is 3.89. The largest absolute Gasteiger partial charge is 0.396 e. The number of aromatic nitrogens is 1. The summed E-state index contributed by atoms with van der Waals surface area (Å²) in [5.41, 5.74) is 7.53. The molecule has 1 aromatic heterocycles. The number of nitrogen functional groups attached to an aromatic ring is 1. The van der Waals surface area contributed by atoms with Crippen LogP contribution in [0.1, 0.15) is 25.7 Å².